The molecule has 1 aromatic carbocycles. The van der Waals surface area contributed by atoms with E-state index in [1.54, 1.807) is 0 Å². The average Bonchev–Trinajstić information content (AvgIpc) is 2.14. The molecule has 0 unspecified atom stereocenters. The minimum Gasteiger partial charge on any atom is -0.311 e. The highest BCUT2D eigenvalue weighted by atomic mass is 19.1. The molecule has 0 bridgehead atoms. The highest BCUT2D eigenvalue weighted by molar-refractivity contribution is 5.18. The smallest absolute Gasteiger partial charge is 0.130 e. The van der Waals surface area contributed by atoms with Crippen molar-refractivity contribution in [2.75, 3.05) is 27.2 Å². The van der Waals surface area contributed by atoms with E-state index < -0.39 is 11.6 Å². The summed E-state index contributed by atoms with van der Waals surface area (Å²) in [4.78, 5) is 2.04. The van der Waals surface area contributed by atoms with Gasteiger partial charge in [-0.25, -0.2) is 8.78 Å². The van der Waals surface area contributed by atoms with E-state index in [2.05, 4.69) is 5.32 Å². The van der Waals surface area contributed by atoms with Gasteiger partial charge >= 0.3 is 0 Å². The fraction of sp³-hybridized carbons (Fsp3) is 0.455. The van der Waals surface area contributed by atoms with Crippen LogP contribution in [0, 0.1) is 11.6 Å². The standard InChI is InChI=1S/C11H16F2N2/c1-15(2)6-5-14-8-9-3-4-10(12)7-11(9)13/h3-4,7,14H,5-6,8H2,1-2H3. The lowest BCUT2D eigenvalue weighted by atomic mass is 10.2. The van der Waals surface area contributed by atoms with Gasteiger partial charge in [-0.3, -0.25) is 0 Å². The van der Waals surface area contributed by atoms with Crippen LogP contribution in [0.5, 0.6) is 0 Å². The van der Waals surface area contributed by atoms with Gasteiger partial charge in [0, 0.05) is 31.3 Å². The Bertz CT molecular complexity index is 313. The van der Waals surface area contributed by atoms with Crippen LogP contribution < -0.4 is 5.32 Å². The highest BCUT2D eigenvalue weighted by Gasteiger charge is 2.02. The molecule has 15 heavy (non-hydrogen) atoms. The number of rotatable bonds is 5. The second-order valence-corrected chi connectivity index (χ2v) is 3.72. The summed E-state index contributed by atoms with van der Waals surface area (Å²) in [6.07, 6.45) is 0. The molecule has 0 saturated carbocycles. The monoisotopic (exact) mass is 214 g/mol. The molecule has 0 aliphatic rings. The van der Waals surface area contributed by atoms with Crippen molar-refractivity contribution in [3.63, 3.8) is 0 Å². The summed E-state index contributed by atoms with van der Waals surface area (Å²) in [5.74, 6) is -1.03. The number of halogens is 2. The van der Waals surface area contributed by atoms with Gasteiger partial charge in [0.05, 0.1) is 0 Å². The number of likely N-dealkylation sites (N-methyl/N-ethyl adjacent to an activating group) is 1. The first-order valence-electron chi connectivity index (χ1n) is 4.89. The predicted molar refractivity (Wildman–Crippen MR) is 56.6 cm³/mol. The maximum absolute atomic E-state index is 13.1. The van der Waals surface area contributed by atoms with Gasteiger partial charge in [-0.05, 0) is 20.2 Å². The van der Waals surface area contributed by atoms with Gasteiger partial charge in [0.1, 0.15) is 11.6 Å². The van der Waals surface area contributed by atoms with Crippen LogP contribution in [-0.4, -0.2) is 32.1 Å². The Balaban J connectivity index is 2.37. The fourth-order valence-corrected chi connectivity index (χ4v) is 1.19. The van der Waals surface area contributed by atoms with Crippen LogP contribution in [-0.2, 0) is 6.54 Å². The molecule has 0 amide bonds. The van der Waals surface area contributed by atoms with Crippen LogP contribution in [0.3, 0.4) is 0 Å². The van der Waals surface area contributed by atoms with Crippen molar-refractivity contribution in [3.8, 4) is 0 Å². The first kappa shape index (κ1) is 12.1. The first-order valence-corrected chi connectivity index (χ1v) is 4.89. The topological polar surface area (TPSA) is 15.3 Å². The van der Waals surface area contributed by atoms with E-state index in [-0.39, 0.29) is 0 Å². The van der Waals surface area contributed by atoms with Crippen LogP contribution in [0.2, 0.25) is 0 Å². The van der Waals surface area contributed by atoms with E-state index in [0.717, 1.165) is 19.2 Å². The molecule has 0 spiro atoms. The van der Waals surface area contributed by atoms with Gasteiger partial charge < -0.3 is 10.2 Å². The zero-order valence-corrected chi connectivity index (χ0v) is 9.06. The van der Waals surface area contributed by atoms with E-state index >= 15 is 0 Å². The molecule has 1 aromatic rings. The van der Waals surface area contributed by atoms with Crippen LogP contribution in [0.4, 0.5) is 8.78 Å². The van der Waals surface area contributed by atoms with Crippen LogP contribution in [0.25, 0.3) is 0 Å². The molecular weight excluding hydrogens is 198 g/mol. The number of nitrogens with one attached hydrogen (secondary N) is 1. The van der Waals surface area contributed by atoms with E-state index in [0.29, 0.717) is 12.1 Å². The quantitative estimate of drug-likeness (QED) is 0.749. The summed E-state index contributed by atoms with van der Waals surface area (Å²) in [6.45, 7) is 2.10. The van der Waals surface area contributed by atoms with E-state index in [1.807, 2.05) is 19.0 Å². The van der Waals surface area contributed by atoms with Crippen molar-refractivity contribution in [3.05, 3.63) is 35.4 Å². The first-order chi connectivity index (χ1) is 7.09. The Morgan fingerprint density at radius 1 is 1.27 bits per heavy atom. The Hall–Kier alpha value is -1.00. The lowest BCUT2D eigenvalue weighted by Crippen LogP contribution is -2.26. The van der Waals surface area contributed by atoms with Crippen molar-refractivity contribution in [2.24, 2.45) is 0 Å². The normalized spacial score (nSPS) is 11.0. The third-order valence-electron chi connectivity index (χ3n) is 2.07. The van der Waals surface area contributed by atoms with Crippen molar-refractivity contribution in [1.29, 1.82) is 0 Å². The molecule has 0 heterocycles. The largest absolute Gasteiger partial charge is 0.311 e. The Morgan fingerprint density at radius 3 is 2.60 bits per heavy atom. The molecule has 2 nitrogen and oxygen atoms in total. The summed E-state index contributed by atoms with van der Waals surface area (Å²) in [6, 6.07) is 3.64. The number of hydrogen-bond acceptors (Lipinski definition) is 2. The van der Waals surface area contributed by atoms with Gasteiger partial charge in [0.2, 0.25) is 0 Å². The molecule has 0 aromatic heterocycles. The van der Waals surface area contributed by atoms with E-state index in [1.165, 1.54) is 12.1 Å². The minimum atomic E-state index is -0.537. The van der Waals surface area contributed by atoms with Crippen molar-refractivity contribution < 1.29 is 8.78 Å². The molecule has 0 aliphatic carbocycles. The van der Waals surface area contributed by atoms with Crippen LogP contribution >= 0.6 is 0 Å². The summed E-state index contributed by atoms with van der Waals surface area (Å²) in [7, 11) is 3.94. The summed E-state index contributed by atoms with van der Waals surface area (Å²) < 4.78 is 25.7. The molecule has 0 saturated heterocycles. The zero-order valence-electron chi connectivity index (χ0n) is 9.06. The predicted octanol–water partition coefficient (Wildman–Crippen LogP) is 1.62. The van der Waals surface area contributed by atoms with Crippen molar-refractivity contribution >= 4 is 0 Å². The Morgan fingerprint density at radius 2 is 2.00 bits per heavy atom. The molecule has 0 fully saturated rings. The lowest BCUT2D eigenvalue weighted by Gasteiger charge is -2.10. The highest BCUT2D eigenvalue weighted by Crippen LogP contribution is 2.08. The fourth-order valence-electron chi connectivity index (χ4n) is 1.19. The SMILES string of the molecule is CN(C)CCNCc1ccc(F)cc1F. The Labute approximate surface area is 88.9 Å². The van der Waals surface area contributed by atoms with Gasteiger partial charge in [-0.2, -0.15) is 0 Å². The molecule has 0 radical (unpaired) electrons. The third-order valence-corrected chi connectivity index (χ3v) is 2.07. The van der Waals surface area contributed by atoms with Gasteiger partial charge in [0.25, 0.3) is 0 Å². The lowest BCUT2D eigenvalue weighted by molar-refractivity contribution is 0.399. The van der Waals surface area contributed by atoms with Gasteiger partial charge in [0.15, 0.2) is 0 Å². The summed E-state index contributed by atoms with van der Waals surface area (Å²) >= 11 is 0. The molecule has 1 rings (SSSR count). The number of hydrogen-bond donors (Lipinski definition) is 1. The maximum Gasteiger partial charge on any atom is 0.130 e. The molecular formula is C11H16F2N2. The number of benzene rings is 1. The number of nitrogens with zero attached hydrogens (tertiary/aromatic N) is 1. The third kappa shape index (κ3) is 4.36. The van der Waals surface area contributed by atoms with Gasteiger partial charge in [-0.1, -0.05) is 6.07 Å². The molecule has 1 N–H and O–H groups in total. The van der Waals surface area contributed by atoms with Crippen LogP contribution in [0.1, 0.15) is 5.56 Å². The van der Waals surface area contributed by atoms with Gasteiger partial charge in [-0.15, -0.1) is 0 Å². The average molecular weight is 214 g/mol. The van der Waals surface area contributed by atoms with Crippen molar-refractivity contribution in [1.82, 2.24) is 10.2 Å². The van der Waals surface area contributed by atoms with E-state index in [4.69, 9.17) is 0 Å². The molecule has 0 atom stereocenters. The second-order valence-electron chi connectivity index (χ2n) is 3.72. The van der Waals surface area contributed by atoms with Crippen molar-refractivity contribution in [2.45, 2.75) is 6.54 Å². The van der Waals surface area contributed by atoms with Crippen LogP contribution in [0.15, 0.2) is 18.2 Å². The molecule has 0 aliphatic heterocycles. The maximum atomic E-state index is 13.1. The van der Waals surface area contributed by atoms with E-state index in [9.17, 15) is 8.78 Å². The molecule has 4 heteroatoms. The summed E-state index contributed by atoms with van der Waals surface area (Å²) in [5, 5.41) is 3.09. The summed E-state index contributed by atoms with van der Waals surface area (Å²) in [5.41, 5.74) is 0.496. The second kappa shape index (κ2) is 5.78. The Kier molecular flexibility index (Phi) is 4.65. The zero-order chi connectivity index (χ0) is 11.3. The minimum absolute atomic E-state index is 0.431. The molecule has 84 valence electrons.